The van der Waals surface area contributed by atoms with Crippen LogP contribution < -0.4 is 0 Å². The van der Waals surface area contributed by atoms with Gasteiger partial charge in [0.15, 0.2) is 0 Å². The fraction of sp³-hybridized carbons (Fsp3) is 0.286. The molecule has 0 unspecified atom stereocenters. The number of allylic oxidation sites excluding steroid dienone is 4. The molecule has 0 saturated heterocycles. The normalized spacial score (nSPS) is 13.7. The second-order valence-electron chi connectivity index (χ2n) is 1.68. The van der Waals surface area contributed by atoms with E-state index in [0.29, 0.717) is 0 Å². The molecular weight excluding hydrogens is 348 g/mol. The summed E-state index contributed by atoms with van der Waals surface area (Å²) in [6.45, 7) is 4.12. The van der Waals surface area contributed by atoms with Gasteiger partial charge in [0.2, 0.25) is 0 Å². The van der Waals surface area contributed by atoms with Crippen molar-refractivity contribution in [2.75, 3.05) is 0 Å². The minimum absolute atomic E-state index is 1.17. The van der Waals surface area contributed by atoms with E-state index in [9.17, 15) is 0 Å². The molecule has 0 aliphatic carbocycles. The molecule has 0 spiro atoms. The number of rotatable bonds is 2. The van der Waals surface area contributed by atoms with Crippen LogP contribution in [0.15, 0.2) is 22.2 Å². The Morgan fingerprint density at radius 2 is 2.11 bits per heavy atom. The Bertz CT molecular complexity index is 156. The van der Waals surface area contributed by atoms with Crippen molar-refractivity contribution in [2.45, 2.75) is 13.8 Å². The van der Waals surface area contributed by atoms with Crippen LogP contribution in [0.1, 0.15) is 13.8 Å². The molecule has 0 radical (unpaired) electrons. The van der Waals surface area contributed by atoms with Crippen LogP contribution in [0.25, 0.3) is 0 Å². The van der Waals surface area contributed by atoms with Crippen LogP contribution >= 0.6 is 15.9 Å². The van der Waals surface area contributed by atoms with E-state index in [-0.39, 0.29) is 0 Å². The third kappa shape index (κ3) is 4.99. The standard InChI is InChI=1S/C7H9Br.W/c1-4-6(2)5-7(3)8;/h3-5H,1-2H3;. The minimum atomic E-state index is 1.17. The van der Waals surface area contributed by atoms with Crippen molar-refractivity contribution in [1.29, 1.82) is 0 Å². The van der Waals surface area contributed by atoms with Gasteiger partial charge in [0.1, 0.15) is 0 Å². The van der Waals surface area contributed by atoms with E-state index in [0.717, 1.165) is 0 Å². The molecule has 0 N–H and O–H groups in total. The van der Waals surface area contributed by atoms with Gasteiger partial charge in [-0.3, -0.25) is 0 Å². The average Bonchev–Trinajstić information content (AvgIpc) is 1.87. The molecule has 0 aromatic rings. The third-order valence-electron chi connectivity index (χ3n) is 0.933. The Morgan fingerprint density at radius 3 is 2.44 bits per heavy atom. The summed E-state index contributed by atoms with van der Waals surface area (Å²) in [5.41, 5.74) is 1.29. The topological polar surface area (TPSA) is 0 Å². The summed E-state index contributed by atoms with van der Waals surface area (Å²) in [7, 11) is 0. The molecule has 0 rings (SSSR count). The average molecular weight is 357 g/mol. The summed E-state index contributed by atoms with van der Waals surface area (Å²) < 4.78 is 3.28. The summed E-state index contributed by atoms with van der Waals surface area (Å²) in [5.74, 6) is 0. The van der Waals surface area contributed by atoms with Crippen LogP contribution in [0.5, 0.6) is 0 Å². The first-order valence-corrected chi connectivity index (χ1v) is 5.14. The van der Waals surface area contributed by atoms with Crippen molar-refractivity contribution in [3.05, 3.63) is 22.2 Å². The molecule has 0 bridgehead atoms. The molecular formula is C7H9BrW. The first-order valence-electron chi connectivity index (χ1n) is 2.66. The Labute approximate surface area is 75.6 Å². The van der Waals surface area contributed by atoms with E-state index in [1.54, 1.807) is 0 Å². The molecule has 0 saturated carbocycles. The summed E-state index contributed by atoms with van der Waals surface area (Å²) in [5, 5.41) is 0. The molecule has 0 aliphatic heterocycles. The molecule has 0 aromatic heterocycles. The van der Waals surface area contributed by atoms with Crippen LogP contribution in [0.4, 0.5) is 0 Å². The van der Waals surface area contributed by atoms with E-state index in [4.69, 9.17) is 0 Å². The Morgan fingerprint density at radius 1 is 1.56 bits per heavy atom. The Balaban J connectivity index is 4.11. The van der Waals surface area contributed by atoms with Gasteiger partial charge in [-0.05, 0) is 0 Å². The van der Waals surface area contributed by atoms with Crippen LogP contribution in [0, 0.1) is 0 Å². The molecule has 9 heavy (non-hydrogen) atoms. The molecule has 0 fully saturated rings. The van der Waals surface area contributed by atoms with E-state index >= 15 is 0 Å². The maximum absolute atomic E-state index is 3.40. The van der Waals surface area contributed by atoms with Gasteiger partial charge in [-0.1, -0.05) is 0 Å². The van der Waals surface area contributed by atoms with Crippen molar-refractivity contribution in [3.63, 3.8) is 0 Å². The summed E-state index contributed by atoms with van der Waals surface area (Å²) in [6.07, 6.45) is 4.19. The predicted molar refractivity (Wildman–Crippen MR) is 42.5 cm³/mol. The molecule has 0 amide bonds. The van der Waals surface area contributed by atoms with Crippen LogP contribution in [0.3, 0.4) is 0 Å². The third-order valence-corrected chi connectivity index (χ3v) is 3.50. The van der Waals surface area contributed by atoms with Crippen molar-refractivity contribution in [2.24, 2.45) is 0 Å². The van der Waals surface area contributed by atoms with Crippen LogP contribution in [-0.4, -0.2) is 4.40 Å². The van der Waals surface area contributed by atoms with Crippen LogP contribution in [-0.2, 0) is 19.4 Å². The predicted octanol–water partition coefficient (Wildman–Crippen LogP) is 2.58. The molecule has 0 atom stereocenters. The van der Waals surface area contributed by atoms with E-state index in [1.807, 2.05) is 6.92 Å². The quantitative estimate of drug-likeness (QED) is 0.667. The second kappa shape index (κ2) is 5.31. The second-order valence-corrected chi connectivity index (χ2v) is 3.44. The van der Waals surface area contributed by atoms with Crippen molar-refractivity contribution < 1.29 is 19.4 Å². The summed E-state index contributed by atoms with van der Waals surface area (Å²) >= 11 is 4.87. The van der Waals surface area contributed by atoms with Gasteiger partial charge in [-0.25, -0.2) is 0 Å². The van der Waals surface area contributed by atoms with E-state index < -0.39 is 0 Å². The zero-order chi connectivity index (χ0) is 7.28. The first kappa shape index (κ1) is 9.52. The van der Waals surface area contributed by atoms with E-state index in [1.165, 1.54) is 29.4 Å². The zero-order valence-electron chi connectivity index (χ0n) is 5.52. The van der Waals surface area contributed by atoms with Crippen LogP contribution in [0.2, 0.25) is 0 Å². The number of hydrogen-bond acceptors (Lipinski definition) is 0. The summed E-state index contributed by atoms with van der Waals surface area (Å²) in [6, 6.07) is 0. The number of halogens is 1. The zero-order valence-corrected chi connectivity index (χ0v) is 10.0. The van der Waals surface area contributed by atoms with Crippen molar-refractivity contribution in [1.82, 2.24) is 0 Å². The SMILES string of the molecule is CC=C(C)C=C(Br)[CH]=[W]. The molecule has 0 aliphatic rings. The fourth-order valence-electron chi connectivity index (χ4n) is 0.335. The summed E-state index contributed by atoms with van der Waals surface area (Å²) in [4.78, 5) is 0. The molecule has 2 heteroatoms. The number of hydrogen-bond donors (Lipinski definition) is 0. The van der Waals surface area contributed by atoms with Crippen molar-refractivity contribution >= 4 is 20.3 Å². The Hall–Kier alpha value is 0.518. The first-order chi connectivity index (χ1) is 4.20. The van der Waals surface area contributed by atoms with Gasteiger partial charge in [-0.15, -0.1) is 0 Å². The molecule has 0 heterocycles. The van der Waals surface area contributed by atoms with Gasteiger partial charge < -0.3 is 0 Å². The molecule has 0 aromatic carbocycles. The monoisotopic (exact) mass is 356 g/mol. The molecule has 50 valence electrons. The fourth-order valence-corrected chi connectivity index (χ4v) is 0.940. The van der Waals surface area contributed by atoms with Gasteiger partial charge in [0.25, 0.3) is 0 Å². The maximum atomic E-state index is 3.40. The van der Waals surface area contributed by atoms with Gasteiger partial charge in [0.05, 0.1) is 0 Å². The Kier molecular flexibility index (Phi) is 5.62. The van der Waals surface area contributed by atoms with Gasteiger partial charge in [-0.2, -0.15) is 0 Å². The molecule has 0 nitrogen and oxygen atoms in total. The van der Waals surface area contributed by atoms with E-state index in [2.05, 4.69) is 39.4 Å². The van der Waals surface area contributed by atoms with Crippen molar-refractivity contribution in [3.8, 4) is 0 Å². The van der Waals surface area contributed by atoms with Gasteiger partial charge in [0, 0.05) is 0 Å². The van der Waals surface area contributed by atoms with Gasteiger partial charge >= 0.3 is 75.7 Å².